The lowest BCUT2D eigenvalue weighted by molar-refractivity contribution is -0.127. The molecule has 1 saturated heterocycles. The lowest BCUT2D eigenvalue weighted by Crippen LogP contribution is -2.33. The zero-order chi connectivity index (χ0) is 19.2. The quantitative estimate of drug-likeness (QED) is 0.728. The average Bonchev–Trinajstić information content (AvgIpc) is 2.93. The molecule has 0 radical (unpaired) electrons. The standard InChI is InChI=1S/C20H18ClN3O2S/c1-2-12-24-19(26)17(13-18(25)22-15-6-4-3-5-7-15)27-20(24)23-16-10-8-14(21)9-11-16/h2-11,17H,1,12-13H2,(H,22,25). The van der Waals surface area contributed by atoms with Gasteiger partial charge in [-0.2, -0.15) is 0 Å². The Morgan fingerprint density at radius 2 is 1.93 bits per heavy atom. The number of nitrogens with one attached hydrogen (secondary N) is 1. The fourth-order valence-corrected chi connectivity index (χ4v) is 3.84. The summed E-state index contributed by atoms with van der Waals surface area (Å²) in [6.07, 6.45) is 1.72. The third-order valence-electron chi connectivity index (χ3n) is 3.81. The molecule has 1 aliphatic rings. The van der Waals surface area contributed by atoms with Gasteiger partial charge in [0, 0.05) is 23.7 Å². The minimum atomic E-state index is -0.514. The number of anilines is 1. The van der Waals surface area contributed by atoms with Crippen LogP contribution in [-0.2, 0) is 9.59 Å². The highest BCUT2D eigenvalue weighted by Crippen LogP contribution is 2.32. The van der Waals surface area contributed by atoms with Gasteiger partial charge in [-0.25, -0.2) is 4.99 Å². The summed E-state index contributed by atoms with van der Waals surface area (Å²) in [5.74, 6) is -0.353. The number of hydrogen-bond acceptors (Lipinski definition) is 4. The van der Waals surface area contributed by atoms with Gasteiger partial charge in [0.15, 0.2) is 5.17 Å². The molecule has 27 heavy (non-hydrogen) atoms. The van der Waals surface area contributed by atoms with E-state index in [9.17, 15) is 9.59 Å². The lowest BCUT2D eigenvalue weighted by Gasteiger charge is -2.13. The lowest BCUT2D eigenvalue weighted by atomic mass is 10.2. The van der Waals surface area contributed by atoms with E-state index < -0.39 is 5.25 Å². The molecule has 0 aromatic heterocycles. The van der Waals surface area contributed by atoms with Crippen molar-refractivity contribution in [2.24, 2.45) is 4.99 Å². The van der Waals surface area contributed by atoms with E-state index in [0.717, 1.165) is 0 Å². The zero-order valence-electron chi connectivity index (χ0n) is 14.5. The van der Waals surface area contributed by atoms with Crippen LogP contribution in [0.2, 0.25) is 5.02 Å². The van der Waals surface area contributed by atoms with Gasteiger partial charge in [-0.1, -0.05) is 47.6 Å². The van der Waals surface area contributed by atoms with E-state index in [4.69, 9.17) is 11.6 Å². The van der Waals surface area contributed by atoms with Gasteiger partial charge in [0.25, 0.3) is 0 Å². The van der Waals surface area contributed by atoms with Crippen LogP contribution in [0.5, 0.6) is 0 Å². The molecule has 1 unspecified atom stereocenters. The van der Waals surface area contributed by atoms with Crippen molar-refractivity contribution in [2.45, 2.75) is 11.7 Å². The van der Waals surface area contributed by atoms with E-state index in [1.165, 1.54) is 11.8 Å². The summed E-state index contributed by atoms with van der Waals surface area (Å²) in [7, 11) is 0. The summed E-state index contributed by atoms with van der Waals surface area (Å²) in [5, 5.41) is 3.47. The van der Waals surface area contributed by atoms with Gasteiger partial charge >= 0.3 is 0 Å². The van der Waals surface area contributed by atoms with Gasteiger partial charge in [0.2, 0.25) is 11.8 Å². The fraction of sp³-hybridized carbons (Fsp3) is 0.150. The molecule has 1 aliphatic heterocycles. The first-order chi connectivity index (χ1) is 13.1. The molecule has 2 aromatic carbocycles. The zero-order valence-corrected chi connectivity index (χ0v) is 16.0. The summed E-state index contributed by atoms with van der Waals surface area (Å²) >= 11 is 7.19. The molecule has 5 nitrogen and oxygen atoms in total. The number of aliphatic imine (C=N–C) groups is 1. The van der Waals surface area contributed by atoms with E-state index in [1.54, 1.807) is 47.4 Å². The Bertz CT molecular complexity index is 869. The topological polar surface area (TPSA) is 61.8 Å². The van der Waals surface area contributed by atoms with Gasteiger partial charge in [0.1, 0.15) is 5.25 Å². The number of carbonyl (C=O) groups is 2. The van der Waals surface area contributed by atoms with Gasteiger partial charge in [0.05, 0.1) is 5.69 Å². The van der Waals surface area contributed by atoms with Crippen molar-refractivity contribution < 1.29 is 9.59 Å². The minimum absolute atomic E-state index is 0.0751. The number of hydrogen-bond donors (Lipinski definition) is 1. The molecule has 0 saturated carbocycles. The third-order valence-corrected chi connectivity index (χ3v) is 5.24. The average molecular weight is 400 g/mol. The van der Waals surface area contributed by atoms with Crippen molar-refractivity contribution in [2.75, 3.05) is 11.9 Å². The van der Waals surface area contributed by atoms with E-state index in [-0.39, 0.29) is 18.2 Å². The number of amidine groups is 1. The number of halogens is 1. The molecule has 2 aromatic rings. The van der Waals surface area contributed by atoms with Gasteiger partial charge < -0.3 is 5.32 Å². The maximum atomic E-state index is 12.7. The Labute approximate surface area is 167 Å². The second-order valence-corrected chi connectivity index (χ2v) is 7.44. The highest BCUT2D eigenvalue weighted by molar-refractivity contribution is 8.15. The highest BCUT2D eigenvalue weighted by Gasteiger charge is 2.38. The Balaban J connectivity index is 1.73. The summed E-state index contributed by atoms with van der Waals surface area (Å²) < 4.78 is 0. The monoisotopic (exact) mass is 399 g/mol. The molecule has 2 amide bonds. The van der Waals surface area contributed by atoms with Crippen LogP contribution < -0.4 is 5.32 Å². The van der Waals surface area contributed by atoms with Crippen molar-refractivity contribution in [1.29, 1.82) is 0 Å². The van der Waals surface area contributed by atoms with E-state index in [1.807, 2.05) is 18.2 Å². The van der Waals surface area contributed by atoms with E-state index in [0.29, 0.717) is 28.1 Å². The number of nitrogens with zero attached hydrogens (tertiary/aromatic N) is 2. The number of benzene rings is 2. The third kappa shape index (κ3) is 4.99. The Hall–Kier alpha value is -2.57. The number of amides is 2. The number of thioether (sulfide) groups is 1. The fourth-order valence-electron chi connectivity index (χ4n) is 2.55. The SMILES string of the molecule is C=CCN1C(=O)C(CC(=O)Nc2ccccc2)SC1=Nc1ccc(Cl)cc1. The molecule has 1 atom stereocenters. The van der Waals surface area contributed by atoms with Crippen LogP contribution in [0.25, 0.3) is 0 Å². The minimum Gasteiger partial charge on any atom is -0.326 e. The first-order valence-corrected chi connectivity index (χ1v) is 9.60. The van der Waals surface area contributed by atoms with Crippen molar-refractivity contribution >= 4 is 51.7 Å². The predicted molar refractivity (Wildman–Crippen MR) is 112 cm³/mol. The molecule has 1 heterocycles. The summed E-state index contributed by atoms with van der Waals surface area (Å²) in [5.41, 5.74) is 1.40. The molecule has 7 heteroatoms. The van der Waals surface area contributed by atoms with Crippen LogP contribution in [0.15, 0.2) is 72.2 Å². The van der Waals surface area contributed by atoms with Gasteiger partial charge in [-0.05, 0) is 36.4 Å². The molecular formula is C20H18ClN3O2S. The molecule has 1 N–H and O–H groups in total. The Kier molecular flexibility index (Phi) is 6.32. The molecule has 138 valence electrons. The number of para-hydroxylation sites is 1. The van der Waals surface area contributed by atoms with Crippen LogP contribution >= 0.6 is 23.4 Å². The second-order valence-electron chi connectivity index (χ2n) is 5.83. The van der Waals surface area contributed by atoms with Crippen LogP contribution in [0.3, 0.4) is 0 Å². The van der Waals surface area contributed by atoms with Crippen molar-refractivity contribution in [3.05, 3.63) is 72.3 Å². The first kappa shape index (κ1) is 19.2. The molecule has 0 aliphatic carbocycles. The van der Waals surface area contributed by atoms with Gasteiger partial charge in [-0.3, -0.25) is 14.5 Å². The maximum absolute atomic E-state index is 12.7. The molecule has 3 rings (SSSR count). The predicted octanol–water partition coefficient (Wildman–Crippen LogP) is 4.49. The van der Waals surface area contributed by atoms with Crippen LogP contribution in [0, 0.1) is 0 Å². The number of carbonyl (C=O) groups excluding carboxylic acids is 2. The van der Waals surface area contributed by atoms with E-state index >= 15 is 0 Å². The Morgan fingerprint density at radius 1 is 1.22 bits per heavy atom. The Morgan fingerprint density at radius 3 is 2.59 bits per heavy atom. The van der Waals surface area contributed by atoms with E-state index in [2.05, 4.69) is 16.9 Å². The summed E-state index contributed by atoms with van der Waals surface area (Å²) in [6, 6.07) is 16.2. The van der Waals surface area contributed by atoms with Crippen molar-refractivity contribution in [1.82, 2.24) is 4.90 Å². The van der Waals surface area contributed by atoms with Gasteiger partial charge in [-0.15, -0.1) is 6.58 Å². The molecule has 1 fully saturated rings. The largest absolute Gasteiger partial charge is 0.326 e. The first-order valence-electron chi connectivity index (χ1n) is 8.35. The van der Waals surface area contributed by atoms with Crippen molar-refractivity contribution in [3.63, 3.8) is 0 Å². The molecule has 0 spiro atoms. The molecule has 0 bridgehead atoms. The summed E-state index contributed by atoms with van der Waals surface area (Å²) in [4.78, 5) is 31.1. The highest BCUT2D eigenvalue weighted by atomic mass is 35.5. The molecular weight excluding hydrogens is 382 g/mol. The summed E-state index contributed by atoms with van der Waals surface area (Å²) in [6.45, 7) is 4.04. The van der Waals surface area contributed by atoms with Crippen LogP contribution in [0.1, 0.15) is 6.42 Å². The smallest absolute Gasteiger partial charge is 0.242 e. The normalized spacial score (nSPS) is 18.0. The van der Waals surface area contributed by atoms with Crippen LogP contribution in [0.4, 0.5) is 11.4 Å². The van der Waals surface area contributed by atoms with Crippen molar-refractivity contribution in [3.8, 4) is 0 Å². The maximum Gasteiger partial charge on any atom is 0.242 e. The van der Waals surface area contributed by atoms with Crippen LogP contribution in [-0.4, -0.2) is 33.7 Å². The second kappa shape index (κ2) is 8.88. The number of rotatable bonds is 6.